The molecule has 0 bridgehead atoms. The molecule has 0 saturated heterocycles. The molecular weight excluding hydrogens is 194 g/mol. The highest BCUT2D eigenvalue weighted by Gasteiger charge is 2.25. The van der Waals surface area contributed by atoms with Crippen LogP contribution in [0.5, 0.6) is 0 Å². The highest BCUT2D eigenvalue weighted by Crippen LogP contribution is 2.26. The van der Waals surface area contributed by atoms with Gasteiger partial charge in [0.25, 0.3) is 5.70 Å². The maximum Gasteiger partial charge on any atom is 0.272 e. The van der Waals surface area contributed by atoms with Crippen molar-refractivity contribution in [2.24, 2.45) is 0 Å². The molecule has 78 valence electrons. The molecule has 1 unspecified atom stereocenters. The number of nitro groups is 1. The number of hydrogen-bond acceptors (Lipinski definition) is 3. The summed E-state index contributed by atoms with van der Waals surface area (Å²) in [6.07, 6.45) is 10.2. The van der Waals surface area contributed by atoms with Crippen molar-refractivity contribution in [3.05, 3.63) is 45.7 Å². The molecule has 0 N–H and O–H groups in total. The summed E-state index contributed by atoms with van der Waals surface area (Å²) in [5.74, 6) is 0. The van der Waals surface area contributed by atoms with Gasteiger partial charge in [-0.2, -0.15) is 0 Å². The minimum Gasteiger partial charge on any atom is -0.434 e. The Hall–Kier alpha value is -2.02. The second-order valence-electron chi connectivity index (χ2n) is 3.06. The summed E-state index contributed by atoms with van der Waals surface area (Å²) in [6.45, 7) is 5.51. The van der Waals surface area contributed by atoms with Crippen molar-refractivity contribution in [1.82, 2.24) is 0 Å². The van der Waals surface area contributed by atoms with E-state index in [0.717, 1.165) is 0 Å². The van der Waals surface area contributed by atoms with Gasteiger partial charge < -0.3 is 4.74 Å². The highest BCUT2D eigenvalue weighted by atomic mass is 16.6. The highest BCUT2D eigenvalue weighted by molar-refractivity contribution is 5.42. The monoisotopic (exact) mass is 205 g/mol. The quantitative estimate of drug-likeness (QED) is 0.402. The van der Waals surface area contributed by atoms with Gasteiger partial charge in [-0.25, -0.2) is 0 Å². The van der Waals surface area contributed by atoms with Crippen molar-refractivity contribution in [3.8, 4) is 12.5 Å². The molecule has 0 heterocycles. The predicted molar refractivity (Wildman–Crippen MR) is 56.3 cm³/mol. The third-order valence-corrected chi connectivity index (χ3v) is 2.14. The van der Waals surface area contributed by atoms with Crippen molar-refractivity contribution in [3.63, 3.8) is 0 Å². The third-order valence-electron chi connectivity index (χ3n) is 2.14. The van der Waals surface area contributed by atoms with Gasteiger partial charge in [-0.3, -0.25) is 10.1 Å². The maximum atomic E-state index is 10.7. The maximum absolute atomic E-state index is 10.7. The molecule has 0 amide bonds. The van der Waals surface area contributed by atoms with E-state index in [2.05, 4.69) is 12.7 Å². The second-order valence-corrected chi connectivity index (χ2v) is 3.06. The van der Waals surface area contributed by atoms with Crippen LogP contribution >= 0.6 is 0 Å². The van der Waals surface area contributed by atoms with Crippen molar-refractivity contribution in [1.29, 1.82) is 0 Å². The van der Waals surface area contributed by atoms with Crippen LogP contribution in [0.4, 0.5) is 0 Å². The molecule has 0 aromatic rings. The van der Waals surface area contributed by atoms with Crippen LogP contribution in [0.1, 0.15) is 13.3 Å². The fourth-order valence-corrected chi connectivity index (χ4v) is 1.38. The predicted octanol–water partition coefficient (Wildman–Crippen LogP) is 2.03. The fourth-order valence-electron chi connectivity index (χ4n) is 1.38. The lowest BCUT2D eigenvalue weighted by Gasteiger charge is -2.17. The Morgan fingerprint density at radius 2 is 2.47 bits per heavy atom. The molecule has 0 aliphatic heterocycles. The Kier molecular flexibility index (Phi) is 3.29. The first-order valence-electron chi connectivity index (χ1n) is 4.47. The van der Waals surface area contributed by atoms with Crippen LogP contribution in [0.3, 0.4) is 0 Å². The van der Waals surface area contributed by atoms with Gasteiger partial charge in [-0.1, -0.05) is 19.9 Å². The summed E-state index contributed by atoms with van der Waals surface area (Å²) < 4.78 is 4.94. The van der Waals surface area contributed by atoms with Crippen LogP contribution < -0.4 is 0 Å². The molecular formula is C11H11NO3. The van der Waals surface area contributed by atoms with E-state index in [4.69, 9.17) is 11.2 Å². The Bertz CT molecular complexity index is 399. The molecule has 1 aliphatic rings. The molecule has 15 heavy (non-hydrogen) atoms. The van der Waals surface area contributed by atoms with Crippen molar-refractivity contribution in [2.75, 3.05) is 0 Å². The molecule has 1 aliphatic carbocycles. The molecule has 0 saturated carbocycles. The Balaban J connectivity index is 3.03. The Morgan fingerprint density at radius 1 is 1.80 bits per heavy atom. The van der Waals surface area contributed by atoms with E-state index in [1.165, 1.54) is 6.08 Å². The van der Waals surface area contributed by atoms with Crippen LogP contribution in [0.15, 0.2) is 35.6 Å². The van der Waals surface area contributed by atoms with Gasteiger partial charge in [0, 0.05) is 11.6 Å². The van der Waals surface area contributed by atoms with Crippen LogP contribution in [-0.2, 0) is 4.74 Å². The average molecular weight is 205 g/mol. The summed E-state index contributed by atoms with van der Waals surface area (Å²) >= 11 is 0. The first kappa shape index (κ1) is 11.1. The zero-order valence-electron chi connectivity index (χ0n) is 8.40. The fraction of sp³-hybridized carbons (Fsp3) is 0.273. The van der Waals surface area contributed by atoms with E-state index < -0.39 is 11.0 Å². The SMILES string of the molecule is C#COC1C=C(CC)C([N+](=O)[O-])=CC1=C. The van der Waals surface area contributed by atoms with E-state index in [9.17, 15) is 10.1 Å². The van der Waals surface area contributed by atoms with Gasteiger partial charge in [0.05, 0.1) is 4.92 Å². The largest absolute Gasteiger partial charge is 0.434 e. The third kappa shape index (κ3) is 2.26. The van der Waals surface area contributed by atoms with Crippen molar-refractivity contribution >= 4 is 0 Å². The second kappa shape index (κ2) is 4.47. The lowest BCUT2D eigenvalue weighted by atomic mass is 9.96. The first-order valence-corrected chi connectivity index (χ1v) is 4.47. The van der Waals surface area contributed by atoms with E-state index >= 15 is 0 Å². The topological polar surface area (TPSA) is 52.4 Å². The molecule has 1 rings (SSSR count). The number of allylic oxidation sites excluding steroid dienone is 1. The van der Waals surface area contributed by atoms with Crippen LogP contribution in [0.25, 0.3) is 0 Å². The van der Waals surface area contributed by atoms with Crippen molar-refractivity contribution in [2.45, 2.75) is 19.4 Å². The Morgan fingerprint density at radius 3 is 2.93 bits per heavy atom. The summed E-state index contributed by atoms with van der Waals surface area (Å²) in [7, 11) is 0. The molecule has 0 spiro atoms. The normalized spacial score (nSPS) is 20.0. The first-order chi connectivity index (χ1) is 7.10. The van der Waals surface area contributed by atoms with Crippen LogP contribution in [-0.4, -0.2) is 11.0 Å². The lowest BCUT2D eigenvalue weighted by molar-refractivity contribution is -0.421. The summed E-state index contributed by atoms with van der Waals surface area (Å²) in [5, 5.41) is 10.7. The van der Waals surface area contributed by atoms with E-state index in [-0.39, 0.29) is 5.70 Å². The lowest BCUT2D eigenvalue weighted by Crippen LogP contribution is -2.17. The molecule has 4 heteroatoms. The van der Waals surface area contributed by atoms with E-state index in [1.807, 2.05) is 6.92 Å². The van der Waals surface area contributed by atoms with E-state index in [0.29, 0.717) is 17.6 Å². The summed E-state index contributed by atoms with van der Waals surface area (Å²) in [6, 6.07) is 0. The number of ether oxygens (including phenoxy) is 1. The summed E-state index contributed by atoms with van der Waals surface area (Å²) in [5.41, 5.74) is 1.18. The molecule has 0 aromatic heterocycles. The zero-order valence-corrected chi connectivity index (χ0v) is 8.40. The zero-order chi connectivity index (χ0) is 11.4. The Labute approximate surface area is 88.1 Å². The number of rotatable bonds is 3. The van der Waals surface area contributed by atoms with Crippen LogP contribution in [0.2, 0.25) is 0 Å². The van der Waals surface area contributed by atoms with Gasteiger partial charge in [0.1, 0.15) is 6.11 Å². The smallest absolute Gasteiger partial charge is 0.272 e. The van der Waals surface area contributed by atoms with Gasteiger partial charge in [-0.05, 0) is 18.1 Å². The minimum absolute atomic E-state index is 0.0689. The van der Waals surface area contributed by atoms with E-state index in [1.54, 1.807) is 6.08 Å². The van der Waals surface area contributed by atoms with Gasteiger partial charge in [-0.15, -0.1) is 0 Å². The molecule has 0 radical (unpaired) electrons. The molecule has 0 fully saturated rings. The van der Waals surface area contributed by atoms with Gasteiger partial charge in [0.2, 0.25) is 0 Å². The average Bonchev–Trinajstić information content (AvgIpc) is 2.20. The molecule has 4 nitrogen and oxygen atoms in total. The molecule has 1 atom stereocenters. The number of nitrogens with zero attached hydrogens (tertiary/aromatic N) is 1. The summed E-state index contributed by atoms with van der Waals surface area (Å²) in [4.78, 5) is 10.3. The standard InChI is InChI=1S/C11H11NO3/c1-4-9-7-11(15-5-2)8(3)6-10(9)12(13)14/h2,6-7,11H,3-4H2,1H3. The number of terminal acetylenes is 1. The van der Waals surface area contributed by atoms with Crippen molar-refractivity contribution < 1.29 is 9.66 Å². The number of hydrogen-bond donors (Lipinski definition) is 0. The van der Waals surface area contributed by atoms with Gasteiger partial charge in [0.15, 0.2) is 6.10 Å². The molecule has 0 aromatic carbocycles. The van der Waals surface area contributed by atoms with Gasteiger partial charge >= 0.3 is 0 Å². The minimum atomic E-state index is -0.450. The van der Waals surface area contributed by atoms with Crippen LogP contribution in [0, 0.1) is 22.6 Å².